The Balaban J connectivity index is 2.25. The summed E-state index contributed by atoms with van der Waals surface area (Å²) in [4.78, 5) is 14.0. The van der Waals surface area contributed by atoms with E-state index in [4.69, 9.17) is 0 Å². The van der Waals surface area contributed by atoms with Crippen LogP contribution in [0.25, 0.3) is 0 Å². The Morgan fingerprint density at radius 1 is 1.22 bits per heavy atom. The highest BCUT2D eigenvalue weighted by atomic mass is 16.3. The van der Waals surface area contributed by atoms with Crippen molar-refractivity contribution in [3.05, 3.63) is 27.7 Å². The topological polar surface area (TPSA) is 45.5 Å². The van der Waals surface area contributed by atoms with E-state index in [1.54, 1.807) is 0 Å². The van der Waals surface area contributed by atoms with E-state index in [9.17, 15) is 9.90 Å². The molecule has 0 aromatic carbocycles. The van der Waals surface area contributed by atoms with Crippen LogP contribution in [0, 0.1) is 6.92 Å². The third-order valence-corrected chi connectivity index (χ3v) is 3.85. The lowest BCUT2D eigenvalue weighted by molar-refractivity contribution is 0.264. The number of aromatic nitrogens is 1. The van der Waals surface area contributed by atoms with Crippen LogP contribution in [-0.2, 0) is 13.6 Å². The largest absolute Gasteiger partial charge is 0.503 e. The monoisotopic (exact) mass is 250 g/mol. The molecule has 1 fully saturated rings. The van der Waals surface area contributed by atoms with Gasteiger partial charge in [-0.05, 0) is 32.9 Å². The third kappa shape index (κ3) is 2.75. The summed E-state index contributed by atoms with van der Waals surface area (Å²) >= 11 is 0. The van der Waals surface area contributed by atoms with Crippen LogP contribution >= 0.6 is 0 Å². The second-order valence-electron chi connectivity index (χ2n) is 5.19. The second-order valence-corrected chi connectivity index (χ2v) is 5.19. The van der Waals surface area contributed by atoms with E-state index in [0.29, 0.717) is 6.54 Å². The molecule has 4 nitrogen and oxygen atoms in total. The van der Waals surface area contributed by atoms with Crippen molar-refractivity contribution < 1.29 is 5.11 Å². The van der Waals surface area contributed by atoms with E-state index in [-0.39, 0.29) is 11.2 Å². The van der Waals surface area contributed by atoms with Gasteiger partial charge in [0.15, 0.2) is 5.75 Å². The quantitative estimate of drug-likeness (QED) is 0.870. The Hall–Kier alpha value is -1.29. The van der Waals surface area contributed by atoms with Gasteiger partial charge >= 0.3 is 0 Å². The maximum atomic E-state index is 11.6. The van der Waals surface area contributed by atoms with Crippen molar-refractivity contribution in [2.75, 3.05) is 13.1 Å². The van der Waals surface area contributed by atoms with E-state index >= 15 is 0 Å². The maximum Gasteiger partial charge on any atom is 0.223 e. The van der Waals surface area contributed by atoms with Gasteiger partial charge in [0.05, 0.1) is 5.69 Å². The normalized spacial score (nSPS) is 17.7. The van der Waals surface area contributed by atoms with E-state index < -0.39 is 0 Å². The average Bonchev–Trinajstić information content (AvgIpc) is 2.61. The van der Waals surface area contributed by atoms with Crippen LogP contribution in [0.3, 0.4) is 0 Å². The molecule has 1 aliphatic rings. The van der Waals surface area contributed by atoms with Crippen molar-refractivity contribution in [3.8, 4) is 5.75 Å². The number of nitrogens with zero attached hydrogens (tertiary/aromatic N) is 2. The fourth-order valence-corrected chi connectivity index (χ4v) is 2.56. The van der Waals surface area contributed by atoms with Gasteiger partial charge in [0.1, 0.15) is 0 Å². The average molecular weight is 250 g/mol. The summed E-state index contributed by atoms with van der Waals surface area (Å²) < 4.78 is 1.92. The van der Waals surface area contributed by atoms with Crippen molar-refractivity contribution in [3.63, 3.8) is 0 Å². The number of hydrogen-bond donors (Lipinski definition) is 1. The number of hydrogen-bond acceptors (Lipinski definition) is 3. The molecule has 0 radical (unpaired) electrons. The number of pyridine rings is 1. The van der Waals surface area contributed by atoms with Gasteiger partial charge in [-0.15, -0.1) is 0 Å². The van der Waals surface area contributed by atoms with Gasteiger partial charge in [0.25, 0.3) is 0 Å². The summed E-state index contributed by atoms with van der Waals surface area (Å²) in [5.74, 6) is -0.0904. The summed E-state index contributed by atoms with van der Waals surface area (Å²) in [6.45, 7) is 4.68. The van der Waals surface area contributed by atoms with Gasteiger partial charge in [0.2, 0.25) is 5.43 Å². The number of rotatable bonds is 2. The molecule has 1 aliphatic heterocycles. The van der Waals surface area contributed by atoms with Gasteiger partial charge < -0.3 is 9.67 Å². The molecule has 0 bridgehead atoms. The molecular formula is C14H22N2O2. The van der Waals surface area contributed by atoms with Crippen LogP contribution in [0.2, 0.25) is 0 Å². The third-order valence-electron chi connectivity index (χ3n) is 3.85. The molecule has 2 rings (SSSR count). The van der Waals surface area contributed by atoms with E-state index in [0.717, 1.165) is 24.5 Å². The Morgan fingerprint density at radius 3 is 2.44 bits per heavy atom. The lowest BCUT2D eigenvalue weighted by atomic mass is 10.2. The highest BCUT2D eigenvalue weighted by molar-refractivity contribution is 5.29. The minimum atomic E-state index is -0.268. The van der Waals surface area contributed by atoms with Gasteiger partial charge in [-0.3, -0.25) is 9.69 Å². The lowest BCUT2D eigenvalue weighted by Gasteiger charge is -2.22. The zero-order chi connectivity index (χ0) is 13.1. The maximum absolute atomic E-state index is 11.6. The second kappa shape index (κ2) is 5.57. The lowest BCUT2D eigenvalue weighted by Crippen LogP contribution is -2.27. The van der Waals surface area contributed by atoms with E-state index in [1.165, 1.54) is 31.7 Å². The van der Waals surface area contributed by atoms with Gasteiger partial charge in [0, 0.05) is 25.4 Å². The molecule has 1 aromatic rings. The molecule has 0 aliphatic carbocycles. The standard InChI is InChI=1S/C14H22N2O2/c1-11-9-13(17)14(18)12(15(11)2)10-16-7-5-3-4-6-8-16/h9,18H,3-8,10H2,1-2H3. The fourth-order valence-electron chi connectivity index (χ4n) is 2.56. The first-order chi connectivity index (χ1) is 8.59. The summed E-state index contributed by atoms with van der Waals surface area (Å²) in [6, 6.07) is 1.49. The molecule has 18 heavy (non-hydrogen) atoms. The number of likely N-dealkylation sites (tertiary alicyclic amines) is 1. The molecular weight excluding hydrogens is 228 g/mol. The van der Waals surface area contributed by atoms with Crippen LogP contribution in [0.15, 0.2) is 10.9 Å². The Kier molecular flexibility index (Phi) is 4.07. The van der Waals surface area contributed by atoms with Crippen molar-refractivity contribution >= 4 is 0 Å². The van der Waals surface area contributed by atoms with Gasteiger partial charge in [-0.2, -0.15) is 0 Å². The highest BCUT2D eigenvalue weighted by Gasteiger charge is 2.15. The molecule has 0 saturated carbocycles. The first kappa shape index (κ1) is 13.1. The fraction of sp³-hybridized carbons (Fsp3) is 0.643. The molecule has 0 amide bonds. The molecule has 100 valence electrons. The highest BCUT2D eigenvalue weighted by Crippen LogP contribution is 2.18. The first-order valence-electron chi connectivity index (χ1n) is 6.70. The Bertz CT molecular complexity index is 471. The Labute approximate surface area is 108 Å². The number of aromatic hydroxyl groups is 1. The molecule has 0 spiro atoms. The predicted octanol–water partition coefficient (Wildman–Crippen LogP) is 1.78. The van der Waals surface area contributed by atoms with Gasteiger partial charge in [-0.25, -0.2) is 0 Å². The van der Waals surface area contributed by atoms with Crippen molar-refractivity contribution in [1.82, 2.24) is 9.47 Å². The van der Waals surface area contributed by atoms with E-state index in [1.807, 2.05) is 18.5 Å². The van der Waals surface area contributed by atoms with Crippen LogP contribution in [0.1, 0.15) is 37.1 Å². The minimum absolute atomic E-state index is 0.0904. The molecule has 2 heterocycles. The summed E-state index contributed by atoms with van der Waals surface area (Å²) in [5, 5.41) is 9.94. The molecule has 1 N–H and O–H groups in total. The molecule has 1 aromatic heterocycles. The van der Waals surface area contributed by atoms with Crippen LogP contribution in [-0.4, -0.2) is 27.7 Å². The van der Waals surface area contributed by atoms with Crippen molar-refractivity contribution in [2.24, 2.45) is 7.05 Å². The molecule has 0 atom stereocenters. The predicted molar refractivity (Wildman–Crippen MR) is 71.8 cm³/mol. The summed E-state index contributed by atoms with van der Waals surface area (Å²) in [7, 11) is 1.90. The summed E-state index contributed by atoms with van der Waals surface area (Å²) in [5.41, 5.74) is 1.36. The van der Waals surface area contributed by atoms with Crippen LogP contribution in [0.4, 0.5) is 0 Å². The van der Waals surface area contributed by atoms with Crippen molar-refractivity contribution in [1.29, 1.82) is 0 Å². The zero-order valence-corrected chi connectivity index (χ0v) is 11.3. The van der Waals surface area contributed by atoms with Crippen molar-refractivity contribution in [2.45, 2.75) is 39.2 Å². The van der Waals surface area contributed by atoms with Crippen LogP contribution < -0.4 is 5.43 Å². The minimum Gasteiger partial charge on any atom is -0.503 e. The smallest absolute Gasteiger partial charge is 0.223 e. The molecule has 4 heteroatoms. The number of aryl methyl sites for hydroxylation is 1. The van der Waals surface area contributed by atoms with Gasteiger partial charge in [-0.1, -0.05) is 12.8 Å². The SMILES string of the molecule is Cc1cc(=O)c(O)c(CN2CCCCCC2)n1C. The summed E-state index contributed by atoms with van der Waals surface area (Å²) in [6.07, 6.45) is 4.99. The van der Waals surface area contributed by atoms with Crippen LogP contribution in [0.5, 0.6) is 5.75 Å². The molecule has 0 unspecified atom stereocenters. The Morgan fingerprint density at radius 2 is 1.83 bits per heavy atom. The first-order valence-corrected chi connectivity index (χ1v) is 6.70. The van der Waals surface area contributed by atoms with E-state index in [2.05, 4.69) is 4.90 Å². The molecule has 1 saturated heterocycles. The zero-order valence-electron chi connectivity index (χ0n) is 11.3.